The van der Waals surface area contributed by atoms with Gasteiger partial charge in [0.25, 0.3) is 0 Å². The zero-order valence-corrected chi connectivity index (χ0v) is 9.04. The molecule has 0 radical (unpaired) electrons. The number of rotatable bonds is 3. The van der Waals surface area contributed by atoms with Crippen LogP contribution in [0.5, 0.6) is 0 Å². The monoisotopic (exact) mass is 198 g/mol. The van der Waals surface area contributed by atoms with E-state index in [4.69, 9.17) is 0 Å². The lowest BCUT2D eigenvalue weighted by Crippen LogP contribution is -2.56. The van der Waals surface area contributed by atoms with Crippen LogP contribution in [0.2, 0.25) is 0 Å². The van der Waals surface area contributed by atoms with Crippen molar-refractivity contribution in [2.45, 2.75) is 33.2 Å². The number of hydrogen-bond donors (Lipinski definition) is 1. The maximum absolute atomic E-state index is 11.6. The summed E-state index contributed by atoms with van der Waals surface area (Å²) in [7, 11) is 0. The maximum atomic E-state index is 11.6. The average molecular weight is 198 g/mol. The Morgan fingerprint density at radius 3 is 2.57 bits per heavy atom. The van der Waals surface area contributed by atoms with E-state index in [1.807, 2.05) is 6.92 Å². The molecule has 4 heteroatoms. The van der Waals surface area contributed by atoms with Crippen molar-refractivity contribution in [3.63, 3.8) is 0 Å². The molecule has 1 N–H and O–H groups in total. The number of carbonyl (C=O) groups is 2. The molecule has 0 spiro atoms. The number of nitrogens with zero attached hydrogens (tertiary/aromatic N) is 1. The van der Waals surface area contributed by atoms with Gasteiger partial charge in [0.1, 0.15) is 0 Å². The lowest BCUT2D eigenvalue weighted by Gasteiger charge is -2.36. The molecule has 2 amide bonds. The standard InChI is InChI=1S/C10H18N2O2/c1-4-8(7(2)3)12-6-9(13)11-5-10(12)14/h7-8H,4-6H2,1-3H3,(H,11,13). The molecule has 1 heterocycles. The van der Waals surface area contributed by atoms with E-state index in [0.29, 0.717) is 5.92 Å². The van der Waals surface area contributed by atoms with Crippen LogP contribution in [0.25, 0.3) is 0 Å². The fraction of sp³-hybridized carbons (Fsp3) is 0.800. The summed E-state index contributed by atoms with van der Waals surface area (Å²) in [6.07, 6.45) is 0.899. The lowest BCUT2D eigenvalue weighted by atomic mass is 9.99. The van der Waals surface area contributed by atoms with Gasteiger partial charge in [-0.15, -0.1) is 0 Å². The van der Waals surface area contributed by atoms with Gasteiger partial charge in [-0.25, -0.2) is 0 Å². The molecular weight excluding hydrogens is 180 g/mol. The van der Waals surface area contributed by atoms with Gasteiger partial charge in [0.15, 0.2) is 0 Å². The van der Waals surface area contributed by atoms with Crippen molar-refractivity contribution < 1.29 is 9.59 Å². The van der Waals surface area contributed by atoms with Gasteiger partial charge in [0.2, 0.25) is 11.8 Å². The van der Waals surface area contributed by atoms with Gasteiger partial charge in [-0.3, -0.25) is 9.59 Å². The van der Waals surface area contributed by atoms with Crippen molar-refractivity contribution >= 4 is 11.8 Å². The highest BCUT2D eigenvalue weighted by Gasteiger charge is 2.29. The van der Waals surface area contributed by atoms with Crippen LogP contribution < -0.4 is 5.32 Å². The van der Waals surface area contributed by atoms with E-state index in [2.05, 4.69) is 19.2 Å². The molecule has 1 aliphatic heterocycles. The Hall–Kier alpha value is -1.06. The van der Waals surface area contributed by atoms with E-state index in [1.54, 1.807) is 4.90 Å². The first kappa shape index (κ1) is 11.0. The Labute approximate surface area is 84.7 Å². The van der Waals surface area contributed by atoms with E-state index in [1.165, 1.54) is 0 Å². The molecule has 1 rings (SSSR count). The maximum Gasteiger partial charge on any atom is 0.242 e. The minimum atomic E-state index is -0.0521. The van der Waals surface area contributed by atoms with E-state index in [-0.39, 0.29) is 30.9 Å². The van der Waals surface area contributed by atoms with Crippen molar-refractivity contribution in [3.8, 4) is 0 Å². The minimum absolute atomic E-state index is 0.0325. The molecule has 1 fully saturated rings. The Morgan fingerprint density at radius 1 is 1.43 bits per heavy atom. The number of nitrogens with one attached hydrogen (secondary N) is 1. The van der Waals surface area contributed by atoms with Gasteiger partial charge in [0.05, 0.1) is 13.1 Å². The predicted octanol–water partition coefficient (Wildman–Crippen LogP) is 0.379. The number of piperazine rings is 1. The van der Waals surface area contributed by atoms with Crippen LogP contribution in [0, 0.1) is 5.92 Å². The summed E-state index contributed by atoms with van der Waals surface area (Å²) >= 11 is 0. The van der Waals surface area contributed by atoms with Gasteiger partial charge < -0.3 is 10.2 Å². The first-order valence-corrected chi connectivity index (χ1v) is 5.12. The third-order valence-corrected chi connectivity index (χ3v) is 2.66. The largest absolute Gasteiger partial charge is 0.345 e. The molecule has 1 atom stereocenters. The predicted molar refractivity (Wildman–Crippen MR) is 53.6 cm³/mol. The Morgan fingerprint density at radius 2 is 2.07 bits per heavy atom. The molecule has 14 heavy (non-hydrogen) atoms. The number of carbonyl (C=O) groups excluding carboxylic acids is 2. The minimum Gasteiger partial charge on any atom is -0.345 e. The fourth-order valence-electron chi connectivity index (χ4n) is 1.93. The van der Waals surface area contributed by atoms with Crippen LogP contribution in [0.1, 0.15) is 27.2 Å². The summed E-state index contributed by atoms with van der Waals surface area (Å²) in [6, 6.07) is 0.188. The van der Waals surface area contributed by atoms with Crippen molar-refractivity contribution in [2.24, 2.45) is 5.92 Å². The number of amides is 2. The molecule has 0 aromatic carbocycles. The third kappa shape index (κ3) is 2.25. The Bertz CT molecular complexity index is 238. The summed E-state index contributed by atoms with van der Waals surface area (Å²) in [6.45, 7) is 6.57. The first-order chi connectivity index (χ1) is 6.56. The molecule has 0 saturated carbocycles. The van der Waals surface area contributed by atoms with Crippen molar-refractivity contribution in [3.05, 3.63) is 0 Å². The molecule has 0 aromatic heterocycles. The lowest BCUT2D eigenvalue weighted by molar-refractivity contribution is -0.143. The Kier molecular flexibility index (Phi) is 3.49. The molecule has 1 aliphatic rings. The molecule has 0 bridgehead atoms. The second kappa shape index (κ2) is 4.44. The molecular formula is C10H18N2O2. The highest BCUT2D eigenvalue weighted by Crippen LogP contribution is 2.15. The van der Waals surface area contributed by atoms with Crippen LogP contribution >= 0.6 is 0 Å². The molecule has 1 saturated heterocycles. The fourth-order valence-corrected chi connectivity index (χ4v) is 1.93. The van der Waals surface area contributed by atoms with Gasteiger partial charge in [-0.1, -0.05) is 20.8 Å². The second-order valence-electron chi connectivity index (χ2n) is 4.02. The molecule has 4 nitrogen and oxygen atoms in total. The summed E-state index contributed by atoms with van der Waals surface area (Å²) in [5.74, 6) is 0.378. The zero-order chi connectivity index (χ0) is 10.7. The van der Waals surface area contributed by atoms with Crippen LogP contribution in [0.3, 0.4) is 0 Å². The zero-order valence-electron chi connectivity index (χ0n) is 9.04. The van der Waals surface area contributed by atoms with Crippen LogP contribution in [0.4, 0.5) is 0 Å². The van der Waals surface area contributed by atoms with Crippen molar-refractivity contribution in [1.29, 1.82) is 0 Å². The van der Waals surface area contributed by atoms with Gasteiger partial charge in [0, 0.05) is 6.04 Å². The summed E-state index contributed by atoms with van der Waals surface area (Å²) in [4.78, 5) is 24.4. The highest BCUT2D eigenvalue weighted by molar-refractivity contribution is 5.92. The second-order valence-corrected chi connectivity index (χ2v) is 4.02. The van der Waals surface area contributed by atoms with E-state index < -0.39 is 0 Å². The SMILES string of the molecule is CCC(C(C)C)N1CC(=O)NCC1=O. The summed E-state index contributed by atoms with van der Waals surface area (Å²) in [5, 5.41) is 2.55. The quantitative estimate of drug-likeness (QED) is 0.712. The van der Waals surface area contributed by atoms with E-state index >= 15 is 0 Å². The van der Waals surface area contributed by atoms with Crippen LogP contribution in [-0.4, -0.2) is 35.8 Å². The molecule has 0 aromatic rings. The van der Waals surface area contributed by atoms with Crippen molar-refractivity contribution in [2.75, 3.05) is 13.1 Å². The van der Waals surface area contributed by atoms with Gasteiger partial charge >= 0.3 is 0 Å². The third-order valence-electron chi connectivity index (χ3n) is 2.66. The Balaban J connectivity index is 2.71. The highest BCUT2D eigenvalue weighted by atomic mass is 16.2. The molecule has 1 unspecified atom stereocenters. The number of hydrogen-bond acceptors (Lipinski definition) is 2. The molecule has 0 aliphatic carbocycles. The molecule has 80 valence electrons. The summed E-state index contributed by atoms with van der Waals surface area (Å²) < 4.78 is 0. The van der Waals surface area contributed by atoms with Crippen LogP contribution in [-0.2, 0) is 9.59 Å². The summed E-state index contributed by atoms with van der Waals surface area (Å²) in [5.41, 5.74) is 0. The average Bonchev–Trinajstić information content (AvgIpc) is 2.11. The van der Waals surface area contributed by atoms with Gasteiger partial charge in [-0.2, -0.15) is 0 Å². The van der Waals surface area contributed by atoms with Crippen LogP contribution in [0.15, 0.2) is 0 Å². The van der Waals surface area contributed by atoms with E-state index in [0.717, 1.165) is 6.42 Å². The van der Waals surface area contributed by atoms with E-state index in [9.17, 15) is 9.59 Å². The topological polar surface area (TPSA) is 49.4 Å². The van der Waals surface area contributed by atoms with Crippen molar-refractivity contribution in [1.82, 2.24) is 10.2 Å². The normalized spacial score (nSPS) is 19.9. The smallest absolute Gasteiger partial charge is 0.242 e. The first-order valence-electron chi connectivity index (χ1n) is 5.12. The van der Waals surface area contributed by atoms with Gasteiger partial charge in [-0.05, 0) is 12.3 Å².